The Morgan fingerprint density at radius 1 is 1.00 bits per heavy atom. The summed E-state index contributed by atoms with van der Waals surface area (Å²) >= 11 is 0. The van der Waals surface area contributed by atoms with Crippen molar-refractivity contribution in [3.05, 3.63) is 84.7 Å². The van der Waals surface area contributed by atoms with Crippen molar-refractivity contribution in [2.24, 2.45) is 0 Å². The predicted molar refractivity (Wildman–Crippen MR) is 102 cm³/mol. The molecular weight excluding hydrogens is 326 g/mol. The maximum absolute atomic E-state index is 12.3. The van der Waals surface area contributed by atoms with E-state index in [0.717, 1.165) is 22.5 Å². The number of nitrogens with one attached hydrogen (secondary N) is 1. The number of fused-ring (bicyclic) bond motifs is 1. The van der Waals surface area contributed by atoms with Gasteiger partial charge in [-0.25, -0.2) is 4.98 Å². The lowest BCUT2D eigenvalue weighted by atomic mass is 10.2. The molecule has 1 aromatic heterocycles. The van der Waals surface area contributed by atoms with E-state index in [-0.39, 0.29) is 5.91 Å². The van der Waals surface area contributed by atoms with Crippen molar-refractivity contribution in [1.29, 1.82) is 0 Å². The van der Waals surface area contributed by atoms with E-state index in [4.69, 9.17) is 4.74 Å². The van der Waals surface area contributed by atoms with Crippen LogP contribution in [0.2, 0.25) is 0 Å². The second kappa shape index (κ2) is 6.72. The van der Waals surface area contributed by atoms with E-state index in [1.54, 1.807) is 25.6 Å². The van der Waals surface area contributed by atoms with Crippen LogP contribution in [0.3, 0.4) is 0 Å². The molecule has 26 heavy (non-hydrogen) atoms. The molecule has 5 heteroatoms. The monoisotopic (exact) mass is 343 g/mol. The SMILES string of the molecule is COc1ccccc1-n1cnc2cc(NC(=O)c3ccccc3)ccc21. The molecule has 0 atom stereocenters. The van der Waals surface area contributed by atoms with E-state index >= 15 is 0 Å². The Kier molecular flexibility index (Phi) is 4.11. The van der Waals surface area contributed by atoms with Crippen molar-refractivity contribution in [3.63, 3.8) is 0 Å². The number of carbonyl (C=O) groups excluding carboxylic acids is 1. The van der Waals surface area contributed by atoms with E-state index in [1.807, 2.05) is 65.2 Å². The number of para-hydroxylation sites is 2. The number of benzene rings is 3. The molecule has 0 radical (unpaired) electrons. The standard InChI is InChI=1S/C21H17N3O2/c1-26-20-10-6-5-9-19(20)24-14-22-17-13-16(11-12-18(17)24)23-21(25)15-7-3-2-4-8-15/h2-14H,1H3,(H,23,25). The van der Waals surface area contributed by atoms with Crippen LogP contribution in [0.5, 0.6) is 5.75 Å². The second-order valence-corrected chi connectivity index (χ2v) is 5.81. The first-order valence-corrected chi connectivity index (χ1v) is 8.23. The average Bonchev–Trinajstić information content (AvgIpc) is 3.11. The van der Waals surface area contributed by atoms with E-state index in [2.05, 4.69) is 10.3 Å². The van der Waals surface area contributed by atoms with Crippen LogP contribution in [-0.4, -0.2) is 22.6 Å². The molecule has 4 rings (SSSR count). The Balaban J connectivity index is 1.67. The molecule has 0 aliphatic heterocycles. The van der Waals surface area contributed by atoms with Crippen LogP contribution in [0.15, 0.2) is 79.1 Å². The van der Waals surface area contributed by atoms with Crippen LogP contribution >= 0.6 is 0 Å². The van der Waals surface area contributed by atoms with Gasteiger partial charge in [0.15, 0.2) is 0 Å². The molecule has 4 aromatic rings. The second-order valence-electron chi connectivity index (χ2n) is 5.81. The minimum absolute atomic E-state index is 0.144. The lowest BCUT2D eigenvalue weighted by molar-refractivity contribution is 0.102. The van der Waals surface area contributed by atoms with Gasteiger partial charge in [0.05, 0.1) is 23.8 Å². The molecule has 0 unspecified atom stereocenters. The van der Waals surface area contributed by atoms with E-state index < -0.39 is 0 Å². The number of carbonyl (C=O) groups is 1. The molecule has 0 aliphatic rings. The molecule has 3 aromatic carbocycles. The Hall–Kier alpha value is -3.60. The summed E-state index contributed by atoms with van der Waals surface area (Å²) in [5.74, 6) is 0.627. The van der Waals surface area contributed by atoms with Crippen LogP contribution < -0.4 is 10.1 Å². The number of aromatic nitrogens is 2. The first-order chi connectivity index (χ1) is 12.8. The number of imidazole rings is 1. The summed E-state index contributed by atoms with van der Waals surface area (Å²) in [4.78, 5) is 16.8. The highest BCUT2D eigenvalue weighted by Crippen LogP contribution is 2.27. The molecule has 0 spiro atoms. The van der Waals surface area contributed by atoms with Crippen molar-refractivity contribution in [1.82, 2.24) is 9.55 Å². The quantitative estimate of drug-likeness (QED) is 0.601. The number of methoxy groups -OCH3 is 1. The van der Waals surface area contributed by atoms with Gasteiger partial charge in [-0.15, -0.1) is 0 Å². The molecule has 128 valence electrons. The molecule has 1 N–H and O–H groups in total. The van der Waals surface area contributed by atoms with Crippen LogP contribution in [0.1, 0.15) is 10.4 Å². The smallest absolute Gasteiger partial charge is 0.255 e. The van der Waals surface area contributed by atoms with Crippen molar-refractivity contribution in [2.75, 3.05) is 12.4 Å². The highest BCUT2D eigenvalue weighted by Gasteiger charge is 2.11. The summed E-state index contributed by atoms with van der Waals surface area (Å²) in [6.45, 7) is 0. The van der Waals surface area contributed by atoms with Crippen molar-refractivity contribution in [2.45, 2.75) is 0 Å². The third-order valence-corrected chi connectivity index (χ3v) is 4.19. The van der Waals surface area contributed by atoms with Crippen molar-refractivity contribution < 1.29 is 9.53 Å². The molecule has 5 nitrogen and oxygen atoms in total. The van der Waals surface area contributed by atoms with Gasteiger partial charge < -0.3 is 10.1 Å². The largest absolute Gasteiger partial charge is 0.495 e. The predicted octanol–water partition coefficient (Wildman–Crippen LogP) is 4.29. The maximum Gasteiger partial charge on any atom is 0.255 e. The number of nitrogens with zero attached hydrogens (tertiary/aromatic N) is 2. The normalized spacial score (nSPS) is 10.7. The van der Waals surface area contributed by atoms with Gasteiger partial charge in [0, 0.05) is 11.3 Å². The van der Waals surface area contributed by atoms with Crippen LogP contribution in [0.25, 0.3) is 16.7 Å². The number of rotatable bonds is 4. The molecule has 1 heterocycles. The zero-order valence-corrected chi connectivity index (χ0v) is 14.2. The fraction of sp³-hybridized carbons (Fsp3) is 0.0476. The molecule has 0 saturated heterocycles. The highest BCUT2D eigenvalue weighted by atomic mass is 16.5. The lowest BCUT2D eigenvalue weighted by Gasteiger charge is -2.10. The van der Waals surface area contributed by atoms with Gasteiger partial charge in [-0.1, -0.05) is 30.3 Å². The highest BCUT2D eigenvalue weighted by molar-refractivity contribution is 6.05. The number of hydrogen-bond acceptors (Lipinski definition) is 3. The van der Waals surface area contributed by atoms with Crippen molar-refractivity contribution in [3.8, 4) is 11.4 Å². The zero-order valence-electron chi connectivity index (χ0n) is 14.2. The first-order valence-electron chi connectivity index (χ1n) is 8.23. The summed E-state index contributed by atoms with van der Waals surface area (Å²) < 4.78 is 7.41. The molecule has 1 amide bonds. The number of ether oxygens (including phenoxy) is 1. The molecule has 0 aliphatic carbocycles. The van der Waals surface area contributed by atoms with Gasteiger partial charge in [-0.05, 0) is 42.5 Å². The van der Waals surface area contributed by atoms with Crippen LogP contribution in [0.4, 0.5) is 5.69 Å². The fourth-order valence-electron chi connectivity index (χ4n) is 2.90. The lowest BCUT2D eigenvalue weighted by Crippen LogP contribution is -2.11. The topological polar surface area (TPSA) is 56.1 Å². The number of amides is 1. The summed E-state index contributed by atoms with van der Waals surface area (Å²) in [5, 5.41) is 2.91. The van der Waals surface area contributed by atoms with E-state index in [1.165, 1.54) is 0 Å². The molecular formula is C21H17N3O2. The Morgan fingerprint density at radius 3 is 2.58 bits per heavy atom. The van der Waals surface area contributed by atoms with E-state index in [9.17, 15) is 4.79 Å². The van der Waals surface area contributed by atoms with Gasteiger partial charge >= 0.3 is 0 Å². The fourth-order valence-corrected chi connectivity index (χ4v) is 2.90. The maximum atomic E-state index is 12.3. The third kappa shape index (κ3) is 2.91. The minimum atomic E-state index is -0.144. The van der Waals surface area contributed by atoms with Gasteiger partial charge in [-0.3, -0.25) is 9.36 Å². The zero-order chi connectivity index (χ0) is 17.9. The summed E-state index contributed by atoms with van der Waals surface area (Å²) in [6, 6.07) is 22.6. The van der Waals surface area contributed by atoms with Crippen LogP contribution in [0, 0.1) is 0 Å². The van der Waals surface area contributed by atoms with Gasteiger partial charge in [-0.2, -0.15) is 0 Å². The summed E-state index contributed by atoms with van der Waals surface area (Å²) in [6.07, 6.45) is 1.76. The van der Waals surface area contributed by atoms with Gasteiger partial charge in [0.25, 0.3) is 5.91 Å². The van der Waals surface area contributed by atoms with Gasteiger partial charge in [0.2, 0.25) is 0 Å². The average molecular weight is 343 g/mol. The molecule has 0 fully saturated rings. The Labute approximate surface area is 150 Å². The number of anilines is 1. The van der Waals surface area contributed by atoms with Crippen molar-refractivity contribution >= 4 is 22.6 Å². The summed E-state index contributed by atoms with van der Waals surface area (Å²) in [7, 11) is 1.65. The molecule has 0 saturated carbocycles. The minimum Gasteiger partial charge on any atom is -0.495 e. The van der Waals surface area contributed by atoms with Crippen LogP contribution in [-0.2, 0) is 0 Å². The molecule has 0 bridgehead atoms. The third-order valence-electron chi connectivity index (χ3n) is 4.19. The van der Waals surface area contributed by atoms with E-state index in [0.29, 0.717) is 11.3 Å². The first kappa shape index (κ1) is 15.9. The Bertz CT molecular complexity index is 1070. The Morgan fingerprint density at radius 2 is 1.77 bits per heavy atom. The van der Waals surface area contributed by atoms with Gasteiger partial charge in [0.1, 0.15) is 12.1 Å². The summed E-state index contributed by atoms with van der Waals surface area (Å²) in [5.41, 5.74) is 3.97. The number of hydrogen-bond donors (Lipinski definition) is 1.